The second-order valence-electron chi connectivity index (χ2n) is 3.78. The molecular weight excluding hydrogens is 148 g/mol. The Bertz CT molecular complexity index is 95.2. The van der Waals surface area contributed by atoms with Gasteiger partial charge >= 0.3 is 0 Å². The fourth-order valence-corrected chi connectivity index (χ4v) is 1.87. The number of hydrogen-bond acceptors (Lipinski definition) is 1. The first kappa shape index (κ1) is 12.0. The molecule has 0 aliphatic rings. The minimum atomic E-state index is 0.353. The van der Waals surface area contributed by atoms with E-state index < -0.39 is 0 Å². The van der Waals surface area contributed by atoms with Gasteiger partial charge in [0.1, 0.15) is 0 Å². The molecule has 0 amide bonds. The summed E-state index contributed by atoms with van der Waals surface area (Å²) < 4.78 is 0. The average Bonchev–Trinajstić information content (AvgIpc) is 2.13. The minimum Gasteiger partial charge on any atom is -0.396 e. The van der Waals surface area contributed by atoms with Crippen LogP contribution in [-0.4, -0.2) is 11.7 Å². The summed E-state index contributed by atoms with van der Waals surface area (Å²) in [6.07, 6.45) is 7.28. The van der Waals surface area contributed by atoms with E-state index >= 15 is 0 Å². The molecule has 0 aromatic carbocycles. The van der Waals surface area contributed by atoms with Crippen LogP contribution in [0.4, 0.5) is 0 Å². The zero-order chi connectivity index (χ0) is 9.45. The molecule has 0 rings (SSSR count). The summed E-state index contributed by atoms with van der Waals surface area (Å²) in [6, 6.07) is 0. The Morgan fingerprint density at radius 1 is 1.00 bits per heavy atom. The minimum absolute atomic E-state index is 0.353. The molecule has 0 fully saturated rings. The van der Waals surface area contributed by atoms with Crippen LogP contribution in [0, 0.1) is 5.41 Å². The van der Waals surface area contributed by atoms with Crippen LogP contribution in [0.5, 0.6) is 0 Å². The highest BCUT2D eigenvalue weighted by atomic mass is 16.3. The molecule has 0 spiro atoms. The van der Waals surface area contributed by atoms with E-state index in [0.717, 1.165) is 6.42 Å². The largest absolute Gasteiger partial charge is 0.396 e. The molecule has 74 valence electrons. The third-order valence-electron chi connectivity index (χ3n) is 3.20. The topological polar surface area (TPSA) is 20.2 Å². The van der Waals surface area contributed by atoms with Gasteiger partial charge in [-0.2, -0.15) is 0 Å². The fourth-order valence-electron chi connectivity index (χ4n) is 1.87. The monoisotopic (exact) mass is 172 g/mol. The molecule has 0 unspecified atom stereocenters. The number of aliphatic hydroxyl groups is 1. The molecule has 0 aliphatic carbocycles. The zero-order valence-corrected chi connectivity index (χ0v) is 8.90. The van der Waals surface area contributed by atoms with Gasteiger partial charge < -0.3 is 5.11 Å². The summed E-state index contributed by atoms with van der Waals surface area (Å²) in [5.74, 6) is 0. The van der Waals surface area contributed by atoms with Gasteiger partial charge in [-0.1, -0.05) is 46.5 Å². The Labute approximate surface area is 77.2 Å². The maximum absolute atomic E-state index is 8.96. The number of hydrogen-bond donors (Lipinski definition) is 1. The predicted octanol–water partition coefficient (Wildman–Crippen LogP) is 3.37. The first-order valence-corrected chi connectivity index (χ1v) is 5.35. The van der Waals surface area contributed by atoms with Crippen LogP contribution in [0.25, 0.3) is 0 Å². The highest BCUT2D eigenvalue weighted by molar-refractivity contribution is 4.75. The molecule has 0 atom stereocenters. The van der Waals surface area contributed by atoms with Crippen LogP contribution < -0.4 is 0 Å². The molecular formula is C11H24O. The summed E-state index contributed by atoms with van der Waals surface area (Å²) in [4.78, 5) is 0. The Morgan fingerprint density at radius 3 is 1.92 bits per heavy atom. The van der Waals surface area contributed by atoms with E-state index in [0.29, 0.717) is 12.0 Å². The molecule has 0 saturated heterocycles. The lowest BCUT2D eigenvalue weighted by atomic mass is 9.75. The van der Waals surface area contributed by atoms with Crippen molar-refractivity contribution in [2.75, 3.05) is 6.61 Å². The summed E-state index contributed by atoms with van der Waals surface area (Å²) in [5, 5.41) is 8.96. The van der Waals surface area contributed by atoms with Crippen molar-refractivity contribution >= 4 is 0 Å². The average molecular weight is 172 g/mol. The quantitative estimate of drug-likeness (QED) is 0.624. The Kier molecular flexibility index (Phi) is 6.45. The van der Waals surface area contributed by atoms with Crippen molar-refractivity contribution in [1.82, 2.24) is 0 Å². The maximum atomic E-state index is 8.96. The van der Waals surface area contributed by atoms with E-state index in [2.05, 4.69) is 20.8 Å². The number of aliphatic hydroxyl groups excluding tert-OH is 1. The van der Waals surface area contributed by atoms with Crippen LogP contribution in [-0.2, 0) is 0 Å². The lowest BCUT2D eigenvalue weighted by Crippen LogP contribution is -2.20. The Hall–Kier alpha value is -0.0400. The van der Waals surface area contributed by atoms with E-state index in [1.165, 1.54) is 32.1 Å². The van der Waals surface area contributed by atoms with Crippen LogP contribution in [0.15, 0.2) is 0 Å². The van der Waals surface area contributed by atoms with Gasteiger partial charge in [0.15, 0.2) is 0 Å². The fraction of sp³-hybridized carbons (Fsp3) is 1.00. The van der Waals surface area contributed by atoms with E-state index in [-0.39, 0.29) is 0 Å². The van der Waals surface area contributed by atoms with Gasteiger partial charge in [-0.3, -0.25) is 0 Å². The summed E-state index contributed by atoms with van der Waals surface area (Å²) >= 11 is 0. The molecule has 0 aliphatic heterocycles. The second kappa shape index (κ2) is 6.47. The molecule has 0 radical (unpaired) electrons. The molecule has 1 nitrogen and oxygen atoms in total. The third-order valence-corrected chi connectivity index (χ3v) is 3.20. The van der Waals surface area contributed by atoms with Crippen LogP contribution >= 0.6 is 0 Å². The molecule has 0 saturated carbocycles. The number of unbranched alkanes of at least 4 members (excludes halogenated alkanes) is 1. The van der Waals surface area contributed by atoms with Gasteiger partial charge in [0.25, 0.3) is 0 Å². The Balaban J connectivity index is 3.95. The predicted molar refractivity (Wildman–Crippen MR) is 54.2 cm³/mol. The Morgan fingerprint density at radius 2 is 1.58 bits per heavy atom. The first-order valence-electron chi connectivity index (χ1n) is 5.35. The van der Waals surface area contributed by atoms with Gasteiger partial charge in [-0.05, 0) is 18.3 Å². The van der Waals surface area contributed by atoms with E-state index in [4.69, 9.17) is 5.11 Å². The SMILES string of the molecule is CCCCC(CC)(CC)CCO. The van der Waals surface area contributed by atoms with Gasteiger partial charge in [0.05, 0.1) is 0 Å². The van der Waals surface area contributed by atoms with Gasteiger partial charge in [-0.25, -0.2) is 0 Å². The molecule has 0 aromatic rings. The maximum Gasteiger partial charge on any atom is 0.0436 e. The first-order chi connectivity index (χ1) is 5.74. The van der Waals surface area contributed by atoms with Crippen molar-refractivity contribution in [3.05, 3.63) is 0 Å². The summed E-state index contributed by atoms with van der Waals surface area (Å²) in [7, 11) is 0. The highest BCUT2D eigenvalue weighted by Crippen LogP contribution is 2.35. The van der Waals surface area contributed by atoms with Crippen molar-refractivity contribution < 1.29 is 5.11 Å². The second-order valence-corrected chi connectivity index (χ2v) is 3.78. The van der Waals surface area contributed by atoms with Crippen molar-refractivity contribution in [3.63, 3.8) is 0 Å². The highest BCUT2D eigenvalue weighted by Gasteiger charge is 2.24. The standard InChI is InChI=1S/C11H24O/c1-4-7-8-11(5-2,6-3)9-10-12/h12H,4-10H2,1-3H3. The van der Waals surface area contributed by atoms with Crippen molar-refractivity contribution in [2.45, 2.75) is 59.3 Å². The molecule has 1 heteroatoms. The van der Waals surface area contributed by atoms with E-state index in [9.17, 15) is 0 Å². The van der Waals surface area contributed by atoms with Crippen molar-refractivity contribution in [1.29, 1.82) is 0 Å². The lowest BCUT2D eigenvalue weighted by Gasteiger charge is -2.31. The molecule has 0 aromatic heterocycles. The van der Waals surface area contributed by atoms with Crippen molar-refractivity contribution in [3.8, 4) is 0 Å². The van der Waals surface area contributed by atoms with Crippen LogP contribution in [0.1, 0.15) is 59.3 Å². The van der Waals surface area contributed by atoms with Gasteiger partial charge in [0.2, 0.25) is 0 Å². The van der Waals surface area contributed by atoms with E-state index in [1.807, 2.05) is 0 Å². The zero-order valence-electron chi connectivity index (χ0n) is 8.90. The molecule has 0 bridgehead atoms. The third kappa shape index (κ3) is 3.57. The van der Waals surface area contributed by atoms with Crippen molar-refractivity contribution in [2.24, 2.45) is 5.41 Å². The summed E-state index contributed by atoms with van der Waals surface area (Å²) in [5.41, 5.74) is 0.435. The number of rotatable bonds is 7. The normalized spacial score (nSPS) is 12.0. The van der Waals surface area contributed by atoms with Gasteiger partial charge in [-0.15, -0.1) is 0 Å². The summed E-state index contributed by atoms with van der Waals surface area (Å²) in [6.45, 7) is 7.07. The molecule has 12 heavy (non-hydrogen) atoms. The molecule has 0 heterocycles. The van der Waals surface area contributed by atoms with Crippen LogP contribution in [0.2, 0.25) is 0 Å². The molecule has 1 N–H and O–H groups in total. The van der Waals surface area contributed by atoms with Crippen LogP contribution in [0.3, 0.4) is 0 Å². The lowest BCUT2D eigenvalue weighted by molar-refractivity contribution is 0.153. The van der Waals surface area contributed by atoms with Gasteiger partial charge in [0, 0.05) is 6.61 Å². The smallest absolute Gasteiger partial charge is 0.0436 e. The van der Waals surface area contributed by atoms with E-state index in [1.54, 1.807) is 0 Å².